The van der Waals surface area contributed by atoms with Gasteiger partial charge in [-0.3, -0.25) is 0 Å². The molecular formula is C14H32N4. The van der Waals surface area contributed by atoms with Crippen molar-refractivity contribution in [2.75, 3.05) is 46.8 Å². The fraction of sp³-hybridized carbons (Fsp3) is 1.00. The van der Waals surface area contributed by atoms with E-state index in [-0.39, 0.29) is 5.54 Å². The molecule has 1 fully saturated rings. The quantitative estimate of drug-likeness (QED) is 0.735. The van der Waals surface area contributed by atoms with Gasteiger partial charge in [-0.15, -0.1) is 0 Å². The predicted molar refractivity (Wildman–Crippen MR) is 78.9 cm³/mol. The molecule has 1 aliphatic rings. The molecule has 3 N–H and O–H groups in total. The van der Waals surface area contributed by atoms with Crippen LogP contribution in [0.25, 0.3) is 0 Å². The number of hydrogen-bond donors (Lipinski definition) is 2. The Balaban J connectivity index is 2.48. The van der Waals surface area contributed by atoms with Crippen LogP contribution < -0.4 is 11.1 Å². The van der Waals surface area contributed by atoms with Gasteiger partial charge in [-0.1, -0.05) is 0 Å². The Bertz CT molecular complexity index is 230. The summed E-state index contributed by atoms with van der Waals surface area (Å²) in [6.45, 7) is 9.83. The van der Waals surface area contributed by atoms with Crippen LogP contribution in [0.1, 0.15) is 33.1 Å². The van der Waals surface area contributed by atoms with Crippen LogP contribution in [0.5, 0.6) is 0 Å². The number of nitrogens with one attached hydrogen (secondary N) is 1. The van der Waals surface area contributed by atoms with E-state index in [1.807, 2.05) is 0 Å². The van der Waals surface area contributed by atoms with Gasteiger partial charge >= 0.3 is 0 Å². The third kappa shape index (κ3) is 4.84. The van der Waals surface area contributed by atoms with Crippen molar-refractivity contribution in [3.05, 3.63) is 0 Å². The number of likely N-dealkylation sites (tertiary alicyclic amines) is 1. The van der Waals surface area contributed by atoms with Crippen LogP contribution in [0.2, 0.25) is 0 Å². The summed E-state index contributed by atoms with van der Waals surface area (Å²) in [5.74, 6) is 0. The third-order valence-corrected chi connectivity index (χ3v) is 4.16. The standard InChI is InChI=1S/C14H32N4/c1-13(2)18-9-5-6-14(12-15,7-10-18)16-8-11-17(3)4/h13,16H,5-12,15H2,1-4H3. The number of nitrogens with zero attached hydrogens (tertiary/aromatic N) is 2. The average Bonchev–Trinajstić information content (AvgIpc) is 2.52. The number of hydrogen-bond acceptors (Lipinski definition) is 4. The van der Waals surface area contributed by atoms with Gasteiger partial charge < -0.3 is 20.9 Å². The molecule has 0 spiro atoms. The van der Waals surface area contributed by atoms with Gasteiger partial charge in [0, 0.05) is 37.8 Å². The van der Waals surface area contributed by atoms with E-state index in [9.17, 15) is 0 Å². The van der Waals surface area contributed by atoms with E-state index in [1.165, 1.54) is 32.4 Å². The number of rotatable bonds is 6. The molecule has 4 heteroatoms. The third-order valence-electron chi connectivity index (χ3n) is 4.16. The van der Waals surface area contributed by atoms with E-state index < -0.39 is 0 Å². The zero-order valence-corrected chi connectivity index (χ0v) is 12.7. The molecular weight excluding hydrogens is 224 g/mol. The van der Waals surface area contributed by atoms with Crippen LogP contribution in [-0.4, -0.2) is 68.2 Å². The van der Waals surface area contributed by atoms with Crippen LogP contribution in [0.3, 0.4) is 0 Å². The summed E-state index contributed by atoms with van der Waals surface area (Å²) in [5.41, 5.74) is 6.22. The zero-order valence-electron chi connectivity index (χ0n) is 12.7. The molecule has 1 unspecified atom stereocenters. The van der Waals surface area contributed by atoms with E-state index in [2.05, 4.69) is 43.1 Å². The predicted octanol–water partition coefficient (Wildman–Crippen LogP) is 0.729. The molecule has 1 rings (SSSR count). The normalized spacial score (nSPS) is 26.8. The summed E-state index contributed by atoms with van der Waals surface area (Å²) in [6, 6.07) is 0.653. The summed E-state index contributed by atoms with van der Waals surface area (Å²) in [6.07, 6.45) is 3.64. The molecule has 0 saturated carbocycles. The lowest BCUT2D eigenvalue weighted by atomic mass is 9.90. The minimum Gasteiger partial charge on any atom is -0.329 e. The van der Waals surface area contributed by atoms with Crippen molar-refractivity contribution in [2.24, 2.45) is 5.73 Å². The van der Waals surface area contributed by atoms with Crippen molar-refractivity contribution in [3.8, 4) is 0 Å². The van der Waals surface area contributed by atoms with Crippen molar-refractivity contribution in [2.45, 2.75) is 44.7 Å². The van der Waals surface area contributed by atoms with E-state index in [1.54, 1.807) is 0 Å². The van der Waals surface area contributed by atoms with E-state index in [0.717, 1.165) is 19.6 Å². The lowest BCUT2D eigenvalue weighted by molar-refractivity contribution is 0.217. The van der Waals surface area contributed by atoms with E-state index >= 15 is 0 Å². The van der Waals surface area contributed by atoms with Crippen LogP contribution in [0.4, 0.5) is 0 Å². The summed E-state index contributed by atoms with van der Waals surface area (Å²) >= 11 is 0. The summed E-state index contributed by atoms with van der Waals surface area (Å²) in [7, 11) is 4.23. The molecule has 108 valence electrons. The largest absolute Gasteiger partial charge is 0.329 e. The number of nitrogens with two attached hydrogens (primary N) is 1. The van der Waals surface area contributed by atoms with Crippen LogP contribution in [-0.2, 0) is 0 Å². The molecule has 0 amide bonds. The van der Waals surface area contributed by atoms with E-state index in [0.29, 0.717) is 6.04 Å². The topological polar surface area (TPSA) is 44.5 Å². The van der Waals surface area contributed by atoms with Gasteiger partial charge in [0.2, 0.25) is 0 Å². The fourth-order valence-corrected chi connectivity index (χ4v) is 2.73. The second kappa shape index (κ2) is 7.43. The van der Waals surface area contributed by atoms with Crippen molar-refractivity contribution in [1.29, 1.82) is 0 Å². The Morgan fingerprint density at radius 3 is 2.56 bits per heavy atom. The van der Waals surface area contributed by atoms with Gasteiger partial charge in [0.05, 0.1) is 0 Å². The monoisotopic (exact) mass is 256 g/mol. The van der Waals surface area contributed by atoms with Crippen molar-refractivity contribution < 1.29 is 0 Å². The van der Waals surface area contributed by atoms with Crippen molar-refractivity contribution >= 4 is 0 Å². The highest BCUT2D eigenvalue weighted by Gasteiger charge is 2.31. The van der Waals surface area contributed by atoms with E-state index in [4.69, 9.17) is 5.73 Å². The molecule has 1 atom stereocenters. The Kier molecular flexibility index (Phi) is 6.57. The highest BCUT2D eigenvalue weighted by atomic mass is 15.2. The van der Waals surface area contributed by atoms with Gasteiger partial charge in [0.1, 0.15) is 0 Å². The Hall–Kier alpha value is -0.160. The minimum atomic E-state index is 0.166. The molecule has 1 saturated heterocycles. The molecule has 0 aromatic carbocycles. The summed E-state index contributed by atoms with van der Waals surface area (Å²) in [4.78, 5) is 4.79. The lowest BCUT2D eigenvalue weighted by Crippen LogP contribution is -2.53. The van der Waals surface area contributed by atoms with Gasteiger partial charge in [0.25, 0.3) is 0 Å². The molecule has 0 aromatic rings. The van der Waals surface area contributed by atoms with Crippen molar-refractivity contribution in [3.63, 3.8) is 0 Å². The second-order valence-electron chi connectivity index (χ2n) is 6.20. The molecule has 4 nitrogen and oxygen atoms in total. The van der Waals surface area contributed by atoms with Gasteiger partial charge in [-0.25, -0.2) is 0 Å². The smallest absolute Gasteiger partial charge is 0.0317 e. The Labute approximate surface area is 113 Å². The second-order valence-corrected chi connectivity index (χ2v) is 6.20. The Morgan fingerprint density at radius 2 is 2.00 bits per heavy atom. The first-order valence-electron chi connectivity index (χ1n) is 7.33. The highest BCUT2D eigenvalue weighted by molar-refractivity contribution is 4.92. The first-order chi connectivity index (χ1) is 8.49. The molecule has 0 bridgehead atoms. The summed E-state index contributed by atoms with van der Waals surface area (Å²) < 4.78 is 0. The van der Waals surface area contributed by atoms with Crippen LogP contribution >= 0.6 is 0 Å². The molecule has 0 aliphatic carbocycles. The van der Waals surface area contributed by atoms with Gasteiger partial charge in [-0.2, -0.15) is 0 Å². The van der Waals surface area contributed by atoms with Crippen molar-refractivity contribution in [1.82, 2.24) is 15.1 Å². The highest BCUT2D eigenvalue weighted by Crippen LogP contribution is 2.22. The first kappa shape index (κ1) is 15.9. The van der Waals surface area contributed by atoms with Crippen LogP contribution in [0, 0.1) is 0 Å². The van der Waals surface area contributed by atoms with Crippen LogP contribution in [0.15, 0.2) is 0 Å². The maximum absolute atomic E-state index is 6.05. The molecule has 0 radical (unpaired) electrons. The average molecular weight is 256 g/mol. The number of likely N-dealkylation sites (N-methyl/N-ethyl adjacent to an activating group) is 1. The molecule has 1 aliphatic heterocycles. The minimum absolute atomic E-state index is 0.166. The van der Waals surface area contributed by atoms with Gasteiger partial charge in [-0.05, 0) is 53.8 Å². The zero-order chi connectivity index (χ0) is 13.6. The fourth-order valence-electron chi connectivity index (χ4n) is 2.73. The first-order valence-corrected chi connectivity index (χ1v) is 7.33. The molecule has 1 heterocycles. The maximum Gasteiger partial charge on any atom is 0.0317 e. The summed E-state index contributed by atoms with van der Waals surface area (Å²) in [5, 5.41) is 3.72. The maximum atomic E-state index is 6.05. The molecule has 18 heavy (non-hydrogen) atoms. The SMILES string of the molecule is CC(C)N1CCCC(CN)(NCCN(C)C)CC1. The Morgan fingerprint density at radius 1 is 1.28 bits per heavy atom. The lowest BCUT2D eigenvalue weighted by Gasteiger charge is -2.34. The molecule has 0 aromatic heterocycles. The van der Waals surface area contributed by atoms with Gasteiger partial charge in [0.15, 0.2) is 0 Å².